The van der Waals surface area contributed by atoms with Crippen LogP contribution in [0.2, 0.25) is 0 Å². The Morgan fingerprint density at radius 3 is 2.77 bits per heavy atom. The first-order valence-electron chi connectivity index (χ1n) is 3.62. The highest BCUT2D eigenvalue weighted by atomic mass is 15.1. The van der Waals surface area contributed by atoms with Gasteiger partial charge in [0.2, 0.25) is 0 Å². The smallest absolute Gasteiger partial charge is 0.0999 e. The number of nitrogens with zero attached hydrogens (tertiary/aromatic N) is 3. The summed E-state index contributed by atoms with van der Waals surface area (Å²) in [6.07, 6.45) is 1.58. The largest absolute Gasteiger partial charge is 0.278 e. The number of benzene rings is 1. The highest BCUT2D eigenvalue weighted by Crippen LogP contribution is 2.17. The maximum atomic E-state index is 8.77. The highest BCUT2D eigenvalue weighted by molar-refractivity contribution is 5.85. The van der Waals surface area contributed by atoms with Crippen molar-refractivity contribution in [2.75, 3.05) is 0 Å². The van der Waals surface area contributed by atoms with Gasteiger partial charge in [0.25, 0.3) is 0 Å². The average Bonchev–Trinajstić information content (AvgIpc) is 2.63. The molecule has 4 nitrogen and oxygen atoms in total. The summed E-state index contributed by atoms with van der Waals surface area (Å²) in [7, 11) is 0. The lowest BCUT2D eigenvalue weighted by atomic mass is 10.1. The van der Waals surface area contributed by atoms with E-state index in [0.29, 0.717) is 11.1 Å². The van der Waals surface area contributed by atoms with Crippen molar-refractivity contribution in [3.8, 4) is 12.1 Å². The zero-order valence-corrected chi connectivity index (χ0v) is 6.57. The first-order chi connectivity index (χ1) is 6.35. The van der Waals surface area contributed by atoms with Crippen LogP contribution in [0.1, 0.15) is 11.1 Å². The molecular weight excluding hydrogens is 164 g/mol. The Balaban J connectivity index is 2.89. The van der Waals surface area contributed by atoms with E-state index in [9.17, 15) is 0 Å². The van der Waals surface area contributed by atoms with Gasteiger partial charge in [0.15, 0.2) is 0 Å². The molecule has 0 bridgehead atoms. The van der Waals surface area contributed by atoms with Crippen LogP contribution in [0, 0.1) is 22.7 Å². The maximum Gasteiger partial charge on any atom is 0.0999 e. The first kappa shape index (κ1) is 7.33. The van der Waals surface area contributed by atoms with Crippen molar-refractivity contribution in [2.24, 2.45) is 0 Å². The molecule has 0 amide bonds. The Labute approximate surface area is 74.0 Å². The van der Waals surface area contributed by atoms with E-state index >= 15 is 0 Å². The summed E-state index contributed by atoms with van der Waals surface area (Å²) in [4.78, 5) is 0. The van der Waals surface area contributed by atoms with Crippen molar-refractivity contribution >= 4 is 10.9 Å². The molecule has 0 saturated carbocycles. The average molecular weight is 168 g/mol. The van der Waals surface area contributed by atoms with Gasteiger partial charge in [0.05, 0.1) is 35.0 Å². The monoisotopic (exact) mass is 168 g/mol. The van der Waals surface area contributed by atoms with Gasteiger partial charge in [-0.25, -0.2) is 0 Å². The fourth-order valence-corrected chi connectivity index (χ4v) is 1.21. The van der Waals surface area contributed by atoms with E-state index in [0.717, 1.165) is 10.9 Å². The zero-order valence-electron chi connectivity index (χ0n) is 6.57. The Morgan fingerprint density at radius 1 is 1.23 bits per heavy atom. The lowest BCUT2D eigenvalue weighted by molar-refractivity contribution is 1.12. The number of H-pyrrole nitrogens is 1. The summed E-state index contributed by atoms with van der Waals surface area (Å²) < 4.78 is 0. The van der Waals surface area contributed by atoms with Crippen LogP contribution in [0.3, 0.4) is 0 Å². The van der Waals surface area contributed by atoms with Crippen LogP contribution in [0.4, 0.5) is 0 Å². The van der Waals surface area contributed by atoms with Gasteiger partial charge < -0.3 is 0 Å². The molecule has 1 heterocycles. The summed E-state index contributed by atoms with van der Waals surface area (Å²) >= 11 is 0. The third kappa shape index (κ3) is 1.02. The van der Waals surface area contributed by atoms with Gasteiger partial charge in [0.1, 0.15) is 0 Å². The Kier molecular flexibility index (Phi) is 1.47. The van der Waals surface area contributed by atoms with Crippen molar-refractivity contribution in [1.29, 1.82) is 10.5 Å². The number of nitriles is 2. The van der Waals surface area contributed by atoms with Crippen molar-refractivity contribution in [1.82, 2.24) is 10.2 Å². The molecule has 0 spiro atoms. The molecule has 4 heteroatoms. The number of nitrogens with one attached hydrogen (secondary N) is 1. The molecule has 1 aromatic carbocycles. The number of hydrogen-bond donors (Lipinski definition) is 1. The fraction of sp³-hybridized carbons (Fsp3) is 0. The second-order valence-corrected chi connectivity index (χ2v) is 2.58. The van der Waals surface area contributed by atoms with E-state index in [1.807, 2.05) is 12.1 Å². The highest BCUT2D eigenvalue weighted by Gasteiger charge is 2.04. The van der Waals surface area contributed by atoms with E-state index in [1.165, 1.54) is 0 Å². The summed E-state index contributed by atoms with van der Waals surface area (Å²) in [6, 6.07) is 7.23. The second-order valence-electron chi connectivity index (χ2n) is 2.58. The quantitative estimate of drug-likeness (QED) is 0.644. The predicted octanol–water partition coefficient (Wildman–Crippen LogP) is 1.31. The minimum absolute atomic E-state index is 0.466. The van der Waals surface area contributed by atoms with Crippen molar-refractivity contribution in [3.05, 3.63) is 29.5 Å². The normalized spacial score (nSPS) is 9.38. The van der Waals surface area contributed by atoms with Gasteiger partial charge >= 0.3 is 0 Å². The molecule has 0 fully saturated rings. The van der Waals surface area contributed by atoms with Gasteiger partial charge in [-0.2, -0.15) is 15.6 Å². The Morgan fingerprint density at radius 2 is 2.08 bits per heavy atom. The van der Waals surface area contributed by atoms with Gasteiger partial charge in [-0.15, -0.1) is 0 Å². The summed E-state index contributed by atoms with van der Waals surface area (Å²) in [5, 5.41) is 24.7. The predicted molar refractivity (Wildman–Crippen MR) is 45.5 cm³/mol. The molecule has 2 rings (SSSR count). The maximum absolute atomic E-state index is 8.77. The van der Waals surface area contributed by atoms with Crippen LogP contribution < -0.4 is 0 Å². The summed E-state index contributed by atoms with van der Waals surface area (Å²) in [6.45, 7) is 0. The van der Waals surface area contributed by atoms with Gasteiger partial charge in [-0.05, 0) is 12.1 Å². The Bertz CT molecular complexity index is 539. The summed E-state index contributed by atoms with van der Waals surface area (Å²) in [5.41, 5.74) is 1.66. The van der Waals surface area contributed by atoms with E-state index < -0.39 is 0 Å². The summed E-state index contributed by atoms with van der Waals surface area (Å²) in [5.74, 6) is 0. The van der Waals surface area contributed by atoms with Crippen LogP contribution in [-0.2, 0) is 0 Å². The molecule has 2 aromatic rings. The van der Waals surface area contributed by atoms with E-state index in [-0.39, 0.29) is 0 Å². The van der Waals surface area contributed by atoms with E-state index in [4.69, 9.17) is 10.5 Å². The molecule has 0 radical (unpaired) electrons. The molecule has 1 aromatic heterocycles. The number of fused-ring (bicyclic) bond motifs is 1. The second kappa shape index (κ2) is 2.62. The molecule has 0 aliphatic carbocycles. The molecule has 1 N–H and O–H groups in total. The number of aromatic amines is 1. The molecule has 0 saturated heterocycles. The van der Waals surface area contributed by atoms with E-state index in [1.54, 1.807) is 18.3 Å². The first-order valence-corrected chi connectivity index (χ1v) is 3.62. The van der Waals surface area contributed by atoms with Crippen LogP contribution in [0.15, 0.2) is 18.3 Å². The van der Waals surface area contributed by atoms with E-state index in [2.05, 4.69) is 10.2 Å². The minimum atomic E-state index is 0.466. The van der Waals surface area contributed by atoms with Gasteiger partial charge in [0, 0.05) is 5.39 Å². The standard InChI is InChI=1S/C9H4N4/c10-3-6-1-7(4-11)8-5-12-13-9(8)2-6/h1-2,5H,(H,12,13). The van der Waals surface area contributed by atoms with Crippen LogP contribution >= 0.6 is 0 Å². The lowest BCUT2D eigenvalue weighted by Crippen LogP contribution is -1.80. The topological polar surface area (TPSA) is 76.3 Å². The molecule has 13 heavy (non-hydrogen) atoms. The fourth-order valence-electron chi connectivity index (χ4n) is 1.21. The van der Waals surface area contributed by atoms with Crippen molar-refractivity contribution in [3.63, 3.8) is 0 Å². The third-order valence-corrected chi connectivity index (χ3v) is 1.81. The van der Waals surface area contributed by atoms with Crippen LogP contribution in [0.25, 0.3) is 10.9 Å². The van der Waals surface area contributed by atoms with Crippen molar-refractivity contribution in [2.45, 2.75) is 0 Å². The van der Waals surface area contributed by atoms with Crippen LogP contribution in [-0.4, -0.2) is 10.2 Å². The minimum Gasteiger partial charge on any atom is -0.278 e. The molecular formula is C9H4N4. The molecule has 0 aliphatic heterocycles. The van der Waals surface area contributed by atoms with Crippen molar-refractivity contribution < 1.29 is 0 Å². The third-order valence-electron chi connectivity index (χ3n) is 1.81. The molecule has 0 aliphatic rings. The number of hydrogen-bond acceptors (Lipinski definition) is 3. The molecule has 0 unspecified atom stereocenters. The molecule has 60 valence electrons. The SMILES string of the molecule is N#Cc1cc(C#N)c2cn[nH]c2c1. The number of aromatic nitrogens is 2. The van der Waals surface area contributed by atoms with Gasteiger partial charge in [-0.3, -0.25) is 5.10 Å². The van der Waals surface area contributed by atoms with Gasteiger partial charge in [-0.1, -0.05) is 0 Å². The number of rotatable bonds is 0. The van der Waals surface area contributed by atoms with Crippen LogP contribution in [0.5, 0.6) is 0 Å². The molecule has 0 atom stereocenters. The Hall–Kier alpha value is -2.33. The lowest BCUT2D eigenvalue weighted by Gasteiger charge is -1.92. The zero-order chi connectivity index (χ0) is 9.26.